The molecule has 1 aliphatic heterocycles. The number of ether oxygens (including phenoxy) is 2. The molecule has 0 aliphatic carbocycles. The minimum absolute atomic E-state index is 0.151. The lowest BCUT2D eigenvalue weighted by molar-refractivity contribution is -0.139. The molecule has 0 radical (unpaired) electrons. The van der Waals surface area contributed by atoms with Crippen LogP contribution in [0.25, 0.3) is 0 Å². The Balaban J connectivity index is 2.50. The van der Waals surface area contributed by atoms with Crippen molar-refractivity contribution < 1.29 is 27.8 Å². The van der Waals surface area contributed by atoms with Crippen LogP contribution < -0.4 is 10.6 Å². The fourth-order valence-corrected chi connectivity index (χ4v) is 4.48. The van der Waals surface area contributed by atoms with Gasteiger partial charge in [0, 0.05) is 0 Å². The van der Waals surface area contributed by atoms with E-state index in [0.29, 0.717) is 11.6 Å². The van der Waals surface area contributed by atoms with Gasteiger partial charge in [-0.05, 0) is 27.6 Å². The molecule has 11 heteroatoms. The van der Waals surface area contributed by atoms with Crippen molar-refractivity contribution in [3.05, 3.63) is 85.8 Å². The number of benzene rings is 2. The maximum Gasteiger partial charge on any atom is 0.355 e. The minimum Gasteiger partial charge on any atom is -0.466 e. The van der Waals surface area contributed by atoms with E-state index >= 15 is 0 Å². The van der Waals surface area contributed by atoms with Crippen molar-refractivity contribution in [3.63, 3.8) is 0 Å². The van der Waals surface area contributed by atoms with E-state index in [1.165, 1.54) is 0 Å². The van der Waals surface area contributed by atoms with Crippen LogP contribution in [-0.4, -0.2) is 26.2 Å². The van der Waals surface area contributed by atoms with Crippen LogP contribution in [0.1, 0.15) is 11.5 Å². The van der Waals surface area contributed by atoms with Gasteiger partial charge in [-0.3, -0.25) is 4.90 Å². The van der Waals surface area contributed by atoms with Gasteiger partial charge in [0.25, 0.3) is 0 Å². The summed E-state index contributed by atoms with van der Waals surface area (Å²) in [4.78, 5) is 26.8. The number of anilines is 1. The number of nitrogens with two attached hydrogens (primary N) is 1. The van der Waals surface area contributed by atoms with Gasteiger partial charge in [-0.25, -0.2) is 18.4 Å². The summed E-state index contributed by atoms with van der Waals surface area (Å²) in [5.41, 5.74) is 5.52. The third-order valence-electron chi connectivity index (χ3n) is 4.92. The zero-order valence-electron chi connectivity index (χ0n) is 17.2. The largest absolute Gasteiger partial charge is 0.466 e. The molecule has 0 fully saturated rings. The van der Waals surface area contributed by atoms with E-state index in [1.54, 1.807) is 30.3 Å². The first kappa shape index (κ1) is 24.2. The Bertz CT molecular complexity index is 1260. The summed E-state index contributed by atoms with van der Waals surface area (Å²) >= 11 is 9.12. The van der Waals surface area contributed by atoms with E-state index in [2.05, 4.69) is 15.9 Å². The fraction of sp³-hybridized carbons (Fsp3) is 0.136. The van der Waals surface area contributed by atoms with E-state index in [1.807, 2.05) is 6.07 Å². The molecule has 0 saturated heterocycles. The van der Waals surface area contributed by atoms with Gasteiger partial charge in [0.05, 0.1) is 52.5 Å². The highest BCUT2D eigenvalue weighted by Gasteiger charge is 2.44. The molecule has 2 aromatic rings. The molecule has 0 saturated carbocycles. The summed E-state index contributed by atoms with van der Waals surface area (Å²) in [6, 6.07) is 10.9. The number of carbonyl (C=O) groups excluding carboxylic acids is 2. The Labute approximate surface area is 200 Å². The van der Waals surface area contributed by atoms with E-state index in [9.17, 15) is 23.6 Å². The Morgan fingerprint density at radius 2 is 1.79 bits per heavy atom. The first-order valence-corrected chi connectivity index (χ1v) is 10.3. The second kappa shape index (κ2) is 9.60. The molecule has 0 bridgehead atoms. The lowest BCUT2D eigenvalue weighted by Gasteiger charge is -2.36. The maximum absolute atomic E-state index is 14.5. The smallest absolute Gasteiger partial charge is 0.355 e. The van der Waals surface area contributed by atoms with Crippen LogP contribution in [0, 0.1) is 23.0 Å². The highest BCUT2D eigenvalue weighted by atomic mass is 79.9. The van der Waals surface area contributed by atoms with Crippen LogP contribution in [0.5, 0.6) is 0 Å². The van der Waals surface area contributed by atoms with Crippen LogP contribution in [0.15, 0.2) is 63.5 Å². The van der Waals surface area contributed by atoms with Crippen molar-refractivity contribution in [3.8, 4) is 6.07 Å². The summed E-state index contributed by atoms with van der Waals surface area (Å²) in [5, 5.41) is 9.61. The average Bonchev–Trinajstić information content (AvgIpc) is 2.82. The summed E-state index contributed by atoms with van der Waals surface area (Å²) in [5.74, 6) is -6.07. The Morgan fingerprint density at radius 1 is 1.18 bits per heavy atom. The molecule has 2 aromatic carbocycles. The van der Waals surface area contributed by atoms with Crippen LogP contribution in [0.3, 0.4) is 0 Å². The van der Waals surface area contributed by atoms with Gasteiger partial charge in [0.15, 0.2) is 11.6 Å². The van der Waals surface area contributed by atoms with Gasteiger partial charge in [-0.15, -0.1) is 0 Å². The highest BCUT2D eigenvalue weighted by Crippen LogP contribution is 2.47. The topological polar surface area (TPSA) is 106 Å². The quantitative estimate of drug-likeness (QED) is 0.352. The number of rotatable bonds is 4. The van der Waals surface area contributed by atoms with Gasteiger partial charge in [-0.2, -0.15) is 5.26 Å². The second-order valence-electron chi connectivity index (χ2n) is 6.65. The molecule has 170 valence electrons. The van der Waals surface area contributed by atoms with Crippen LogP contribution >= 0.6 is 27.5 Å². The molecule has 2 N–H and O–H groups in total. The minimum atomic E-state index is -1.32. The number of halogens is 4. The molecular formula is C22H15BrClF2N3O4. The molecule has 1 heterocycles. The Kier molecular flexibility index (Phi) is 7.05. The normalized spacial score (nSPS) is 15.9. The van der Waals surface area contributed by atoms with Crippen molar-refractivity contribution >= 4 is 45.2 Å². The lowest BCUT2D eigenvalue weighted by atomic mass is 9.81. The fourth-order valence-electron chi connectivity index (χ4n) is 3.51. The number of hydrogen-bond acceptors (Lipinski definition) is 7. The van der Waals surface area contributed by atoms with Crippen molar-refractivity contribution in [2.45, 2.75) is 5.92 Å². The van der Waals surface area contributed by atoms with Crippen LogP contribution in [0.2, 0.25) is 5.02 Å². The zero-order chi connectivity index (χ0) is 24.4. The molecule has 1 atom stereocenters. The van der Waals surface area contributed by atoms with Crippen molar-refractivity contribution in [1.82, 2.24) is 0 Å². The average molecular weight is 539 g/mol. The zero-order valence-corrected chi connectivity index (χ0v) is 19.5. The monoisotopic (exact) mass is 537 g/mol. The molecule has 0 aromatic heterocycles. The van der Waals surface area contributed by atoms with E-state index in [0.717, 1.165) is 19.1 Å². The molecular weight excluding hydrogens is 524 g/mol. The molecule has 3 rings (SSSR count). The summed E-state index contributed by atoms with van der Waals surface area (Å²) in [6.45, 7) is 0. The molecule has 0 amide bonds. The van der Waals surface area contributed by atoms with Gasteiger partial charge in [0.2, 0.25) is 0 Å². The van der Waals surface area contributed by atoms with Crippen molar-refractivity contribution in [2.24, 2.45) is 5.73 Å². The highest BCUT2D eigenvalue weighted by molar-refractivity contribution is 9.10. The standard InChI is InChI=1S/C22H15BrClF2N3O4/c1-32-21(30)15-14(10-6-4-3-5-7-10)11(9-27)20(28)29(19(15)22(31)33-2)18-12(24)8-13(25)17(26)16(18)23/h3-8,14H,28H2,1-2H3. The van der Waals surface area contributed by atoms with Gasteiger partial charge < -0.3 is 15.2 Å². The molecule has 33 heavy (non-hydrogen) atoms. The molecule has 0 spiro atoms. The number of allylic oxidation sites excluding steroid dienone is 1. The van der Waals surface area contributed by atoms with Crippen molar-refractivity contribution in [2.75, 3.05) is 19.1 Å². The first-order chi connectivity index (χ1) is 15.7. The van der Waals surface area contributed by atoms with E-state index < -0.39 is 39.7 Å². The predicted molar refractivity (Wildman–Crippen MR) is 119 cm³/mol. The number of esters is 2. The first-order valence-electron chi connectivity index (χ1n) is 9.18. The number of methoxy groups -OCH3 is 2. The number of nitrogens with zero attached hydrogens (tertiary/aromatic N) is 2. The second-order valence-corrected chi connectivity index (χ2v) is 7.85. The lowest BCUT2D eigenvalue weighted by Crippen LogP contribution is -2.41. The van der Waals surface area contributed by atoms with Gasteiger partial charge >= 0.3 is 11.9 Å². The van der Waals surface area contributed by atoms with Crippen LogP contribution in [0.4, 0.5) is 14.5 Å². The molecule has 1 unspecified atom stereocenters. The van der Waals surface area contributed by atoms with Crippen molar-refractivity contribution in [1.29, 1.82) is 5.26 Å². The van der Waals surface area contributed by atoms with Crippen LogP contribution in [-0.2, 0) is 19.1 Å². The molecule has 7 nitrogen and oxygen atoms in total. The predicted octanol–water partition coefficient (Wildman–Crippen LogP) is 4.28. The Hall–Kier alpha value is -3.42. The van der Waals surface area contributed by atoms with E-state index in [-0.39, 0.29) is 27.7 Å². The number of hydrogen-bond donors (Lipinski definition) is 1. The van der Waals surface area contributed by atoms with Gasteiger partial charge in [0.1, 0.15) is 11.5 Å². The SMILES string of the molecule is COC(=O)C1=C(C(=O)OC)N(c2c(Cl)cc(F)c(F)c2Br)C(N)=C(C#N)C1c1ccccc1. The summed E-state index contributed by atoms with van der Waals surface area (Å²) in [6.07, 6.45) is 0. The third kappa shape index (κ3) is 4.05. The maximum atomic E-state index is 14.5. The molecule has 1 aliphatic rings. The third-order valence-corrected chi connectivity index (χ3v) is 5.94. The Morgan fingerprint density at radius 3 is 2.33 bits per heavy atom. The summed E-state index contributed by atoms with van der Waals surface area (Å²) < 4.78 is 37.6. The van der Waals surface area contributed by atoms with Gasteiger partial charge in [-0.1, -0.05) is 41.9 Å². The van der Waals surface area contributed by atoms with E-state index in [4.69, 9.17) is 26.8 Å². The number of carbonyl (C=O) groups is 2. The number of nitriles is 1. The summed E-state index contributed by atoms with van der Waals surface area (Å²) in [7, 11) is 2.15.